The molecule has 0 heterocycles. The molecule has 0 spiro atoms. The van der Waals surface area contributed by atoms with Gasteiger partial charge in [-0.1, -0.05) is 51.2 Å². The number of rotatable bonds is 8. The fourth-order valence-electron chi connectivity index (χ4n) is 2.16. The number of nitrogen functional groups attached to an aromatic ring is 1. The van der Waals surface area contributed by atoms with E-state index in [4.69, 9.17) is 5.73 Å². The van der Waals surface area contributed by atoms with Crippen molar-refractivity contribution in [2.24, 2.45) is 0 Å². The highest BCUT2D eigenvalue weighted by molar-refractivity contribution is 5.98. The zero-order valence-electron chi connectivity index (χ0n) is 11.7. The molecule has 0 fully saturated rings. The zero-order chi connectivity index (χ0) is 13.4. The summed E-state index contributed by atoms with van der Waals surface area (Å²) >= 11 is 0. The predicted molar refractivity (Wildman–Crippen MR) is 77.9 cm³/mol. The first-order chi connectivity index (χ1) is 8.66. The number of ketones is 1. The van der Waals surface area contributed by atoms with Gasteiger partial charge in [-0.2, -0.15) is 0 Å². The van der Waals surface area contributed by atoms with E-state index < -0.39 is 0 Å². The standard InChI is InChI=1S/C16H25NO/c1-3-4-5-6-7-8-12-16(18)14-10-9-11-15(17)13(14)2/h9-11H,3-8,12,17H2,1-2H3. The number of carbonyl (C=O) groups excluding carboxylic acids is 1. The summed E-state index contributed by atoms with van der Waals surface area (Å²) in [5, 5.41) is 0. The molecule has 100 valence electrons. The first-order valence-electron chi connectivity index (χ1n) is 7.05. The lowest BCUT2D eigenvalue weighted by Crippen LogP contribution is -2.04. The normalized spacial score (nSPS) is 10.6. The Morgan fingerprint density at radius 2 is 1.78 bits per heavy atom. The van der Waals surface area contributed by atoms with Crippen LogP contribution in [0.15, 0.2) is 18.2 Å². The number of nitrogens with two attached hydrogens (primary N) is 1. The second-order valence-corrected chi connectivity index (χ2v) is 4.96. The molecule has 2 heteroatoms. The first-order valence-corrected chi connectivity index (χ1v) is 7.05. The van der Waals surface area contributed by atoms with Crippen LogP contribution in [0.4, 0.5) is 5.69 Å². The van der Waals surface area contributed by atoms with Gasteiger partial charge in [0.05, 0.1) is 0 Å². The highest BCUT2D eigenvalue weighted by Crippen LogP contribution is 2.18. The summed E-state index contributed by atoms with van der Waals surface area (Å²) in [4.78, 5) is 12.1. The van der Waals surface area contributed by atoms with Crippen molar-refractivity contribution in [3.05, 3.63) is 29.3 Å². The molecule has 1 aromatic carbocycles. The van der Waals surface area contributed by atoms with Crippen LogP contribution in [0.1, 0.15) is 67.8 Å². The fourth-order valence-corrected chi connectivity index (χ4v) is 2.16. The Hall–Kier alpha value is -1.31. The maximum Gasteiger partial charge on any atom is 0.163 e. The van der Waals surface area contributed by atoms with E-state index in [0.29, 0.717) is 12.1 Å². The average Bonchev–Trinajstić information content (AvgIpc) is 2.36. The molecule has 18 heavy (non-hydrogen) atoms. The van der Waals surface area contributed by atoms with Crippen molar-refractivity contribution in [3.63, 3.8) is 0 Å². The third-order valence-corrected chi connectivity index (χ3v) is 3.43. The van der Waals surface area contributed by atoms with Crippen molar-refractivity contribution in [1.82, 2.24) is 0 Å². The summed E-state index contributed by atoms with van der Waals surface area (Å²) in [5.74, 6) is 0.232. The highest BCUT2D eigenvalue weighted by Gasteiger charge is 2.09. The topological polar surface area (TPSA) is 43.1 Å². The minimum Gasteiger partial charge on any atom is -0.398 e. The molecule has 0 amide bonds. The van der Waals surface area contributed by atoms with E-state index in [1.165, 1.54) is 25.7 Å². The zero-order valence-corrected chi connectivity index (χ0v) is 11.7. The number of Topliss-reactive ketones (excluding diaryl/α,β-unsaturated/α-hetero) is 1. The molecule has 0 radical (unpaired) electrons. The van der Waals surface area contributed by atoms with Gasteiger partial charge in [-0.05, 0) is 25.0 Å². The Morgan fingerprint density at radius 1 is 1.11 bits per heavy atom. The van der Waals surface area contributed by atoms with Crippen molar-refractivity contribution in [3.8, 4) is 0 Å². The third kappa shape index (κ3) is 4.52. The summed E-state index contributed by atoms with van der Waals surface area (Å²) in [6.07, 6.45) is 7.92. The Kier molecular flexibility index (Phi) is 6.48. The molecule has 0 unspecified atom stereocenters. The van der Waals surface area contributed by atoms with Crippen LogP contribution >= 0.6 is 0 Å². The smallest absolute Gasteiger partial charge is 0.163 e. The van der Waals surface area contributed by atoms with Gasteiger partial charge >= 0.3 is 0 Å². The third-order valence-electron chi connectivity index (χ3n) is 3.43. The number of benzene rings is 1. The van der Waals surface area contributed by atoms with Crippen molar-refractivity contribution in [2.75, 3.05) is 5.73 Å². The van der Waals surface area contributed by atoms with Gasteiger partial charge < -0.3 is 5.73 Å². The van der Waals surface area contributed by atoms with Crippen LogP contribution < -0.4 is 5.73 Å². The number of anilines is 1. The number of carbonyl (C=O) groups is 1. The lowest BCUT2D eigenvalue weighted by atomic mass is 9.99. The van der Waals surface area contributed by atoms with Crippen LogP contribution in [0.25, 0.3) is 0 Å². The summed E-state index contributed by atoms with van der Waals surface area (Å²) < 4.78 is 0. The Labute approximate surface area is 111 Å². The minimum atomic E-state index is 0.232. The highest BCUT2D eigenvalue weighted by atomic mass is 16.1. The SMILES string of the molecule is CCCCCCCCC(=O)c1cccc(N)c1C. The van der Waals surface area contributed by atoms with Crippen LogP contribution in [0.2, 0.25) is 0 Å². The Balaban J connectivity index is 2.35. The fraction of sp³-hybridized carbons (Fsp3) is 0.562. The maximum atomic E-state index is 12.1. The molecule has 0 aliphatic rings. The van der Waals surface area contributed by atoms with Crippen LogP contribution in [-0.4, -0.2) is 5.78 Å². The van der Waals surface area contributed by atoms with E-state index in [2.05, 4.69) is 6.92 Å². The summed E-state index contributed by atoms with van der Waals surface area (Å²) in [5.41, 5.74) is 8.25. The summed E-state index contributed by atoms with van der Waals surface area (Å²) in [6, 6.07) is 5.58. The van der Waals surface area contributed by atoms with E-state index in [1.807, 2.05) is 25.1 Å². The largest absolute Gasteiger partial charge is 0.398 e. The Bertz CT molecular complexity index is 385. The van der Waals surface area contributed by atoms with Crippen molar-refractivity contribution >= 4 is 11.5 Å². The molecule has 0 aliphatic carbocycles. The van der Waals surface area contributed by atoms with Crippen LogP contribution in [0.3, 0.4) is 0 Å². The van der Waals surface area contributed by atoms with E-state index in [9.17, 15) is 4.79 Å². The molecule has 0 aliphatic heterocycles. The van der Waals surface area contributed by atoms with Gasteiger partial charge in [0.25, 0.3) is 0 Å². The van der Waals surface area contributed by atoms with Gasteiger partial charge in [0.1, 0.15) is 0 Å². The van der Waals surface area contributed by atoms with Crippen LogP contribution in [0.5, 0.6) is 0 Å². The molecule has 0 atom stereocenters. The van der Waals surface area contributed by atoms with Crippen molar-refractivity contribution in [2.45, 2.75) is 58.8 Å². The van der Waals surface area contributed by atoms with Gasteiger partial charge in [0.2, 0.25) is 0 Å². The van der Waals surface area contributed by atoms with Gasteiger partial charge in [-0.25, -0.2) is 0 Å². The van der Waals surface area contributed by atoms with Gasteiger partial charge in [-0.15, -0.1) is 0 Å². The average molecular weight is 247 g/mol. The lowest BCUT2D eigenvalue weighted by Gasteiger charge is -2.07. The second kappa shape index (κ2) is 7.91. The van der Waals surface area contributed by atoms with E-state index >= 15 is 0 Å². The molecule has 1 aromatic rings. The van der Waals surface area contributed by atoms with E-state index in [-0.39, 0.29) is 5.78 Å². The van der Waals surface area contributed by atoms with Gasteiger partial charge in [-0.3, -0.25) is 4.79 Å². The molecular formula is C16H25NO. The Morgan fingerprint density at radius 3 is 2.50 bits per heavy atom. The number of hydrogen-bond donors (Lipinski definition) is 1. The molecule has 2 nitrogen and oxygen atoms in total. The molecular weight excluding hydrogens is 222 g/mol. The first kappa shape index (κ1) is 14.7. The van der Waals surface area contributed by atoms with Crippen LogP contribution in [-0.2, 0) is 0 Å². The molecule has 0 aromatic heterocycles. The summed E-state index contributed by atoms with van der Waals surface area (Å²) in [6.45, 7) is 4.13. The molecule has 0 saturated carbocycles. The molecule has 0 saturated heterocycles. The number of hydrogen-bond acceptors (Lipinski definition) is 2. The quantitative estimate of drug-likeness (QED) is 0.417. The van der Waals surface area contributed by atoms with E-state index in [1.54, 1.807) is 0 Å². The minimum absolute atomic E-state index is 0.232. The van der Waals surface area contributed by atoms with Crippen molar-refractivity contribution in [1.29, 1.82) is 0 Å². The lowest BCUT2D eigenvalue weighted by molar-refractivity contribution is 0.0978. The monoisotopic (exact) mass is 247 g/mol. The van der Waals surface area contributed by atoms with Crippen LogP contribution in [0, 0.1) is 6.92 Å². The van der Waals surface area contributed by atoms with Crippen molar-refractivity contribution < 1.29 is 4.79 Å². The maximum absolute atomic E-state index is 12.1. The number of unbranched alkanes of at least 4 members (excludes halogenated alkanes) is 5. The van der Waals surface area contributed by atoms with Gasteiger partial charge in [0.15, 0.2) is 5.78 Å². The van der Waals surface area contributed by atoms with Gasteiger partial charge in [0, 0.05) is 17.7 Å². The van der Waals surface area contributed by atoms with E-state index in [0.717, 1.165) is 24.0 Å². The second-order valence-electron chi connectivity index (χ2n) is 4.96. The molecule has 1 rings (SSSR count). The summed E-state index contributed by atoms with van der Waals surface area (Å²) in [7, 11) is 0. The predicted octanol–water partition coefficient (Wildman–Crippen LogP) is 4.51. The molecule has 0 bridgehead atoms. The molecule has 2 N–H and O–H groups in total.